The van der Waals surface area contributed by atoms with E-state index in [1.807, 2.05) is 52.0 Å². The number of esters is 2. The summed E-state index contributed by atoms with van der Waals surface area (Å²) in [5.74, 6) is -0.662. The normalized spacial score (nSPS) is 10.8. The van der Waals surface area contributed by atoms with Gasteiger partial charge in [-0.25, -0.2) is 9.59 Å². The molecule has 0 spiro atoms. The quantitative estimate of drug-likeness (QED) is 0.418. The molecule has 0 aromatic heterocycles. The van der Waals surface area contributed by atoms with Crippen molar-refractivity contribution in [2.45, 2.75) is 48.5 Å². The molecule has 0 saturated heterocycles. The molecule has 0 atom stereocenters. The van der Waals surface area contributed by atoms with Gasteiger partial charge in [0.05, 0.1) is 25.3 Å². The molecule has 4 nitrogen and oxygen atoms in total. The van der Waals surface area contributed by atoms with Gasteiger partial charge in [-0.15, -0.1) is 0 Å². The summed E-state index contributed by atoms with van der Waals surface area (Å²) in [6, 6.07) is 9.81. The minimum atomic E-state index is -0.331. The lowest BCUT2D eigenvalue weighted by molar-refractivity contribution is 0.0591. The number of carbonyl (C=O) groups is 2. The molecule has 0 radical (unpaired) electrons. The van der Waals surface area contributed by atoms with Gasteiger partial charge in [0.15, 0.2) is 0 Å². The van der Waals surface area contributed by atoms with Crippen LogP contribution >= 0.6 is 0 Å². The van der Waals surface area contributed by atoms with E-state index in [2.05, 4.69) is 26.8 Å². The SMILES string of the molecule is COC(=O)c1cc(C)c(-c2c(C)cc(C)c(-c3c(C)cc(C(=O)OC)cc3C)c2C)c(C)c1. The Morgan fingerprint density at radius 3 is 1.03 bits per heavy atom. The predicted molar refractivity (Wildman–Crippen MR) is 133 cm³/mol. The Hall–Kier alpha value is -3.40. The largest absolute Gasteiger partial charge is 0.465 e. The van der Waals surface area contributed by atoms with Gasteiger partial charge in [0.2, 0.25) is 0 Å². The highest BCUT2D eigenvalue weighted by atomic mass is 16.5. The third-order valence-electron chi connectivity index (χ3n) is 6.38. The van der Waals surface area contributed by atoms with Crippen LogP contribution in [0.2, 0.25) is 0 Å². The third-order valence-corrected chi connectivity index (χ3v) is 6.38. The Morgan fingerprint density at radius 1 is 0.485 bits per heavy atom. The topological polar surface area (TPSA) is 52.6 Å². The minimum Gasteiger partial charge on any atom is -0.465 e. The number of carbonyl (C=O) groups excluding carboxylic acids is 2. The van der Waals surface area contributed by atoms with Crippen LogP contribution in [-0.2, 0) is 9.47 Å². The van der Waals surface area contributed by atoms with Crippen molar-refractivity contribution in [2.75, 3.05) is 14.2 Å². The molecular weight excluding hydrogens is 412 g/mol. The van der Waals surface area contributed by atoms with Crippen molar-refractivity contribution in [1.82, 2.24) is 0 Å². The lowest BCUT2D eigenvalue weighted by Crippen LogP contribution is -2.06. The zero-order chi connectivity index (χ0) is 24.6. The first-order chi connectivity index (χ1) is 15.5. The molecule has 0 aliphatic rings. The highest BCUT2D eigenvalue weighted by molar-refractivity contribution is 5.94. The van der Waals surface area contributed by atoms with Crippen LogP contribution in [0.15, 0.2) is 30.3 Å². The van der Waals surface area contributed by atoms with Crippen LogP contribution in [0.3, 0.4) is 0 Å². The molecule has 4 heteroatoms. The second-order valence-corrected chi connectivity index (χ2v) is 8.84. The molecule has 0 saturated carbocycles. The maximum atomic E-state index is 12.1. The Kier molecular flexibility index (Phi) is 6.78. The predicted octanol–water partition coefficient (Wildman–Crippen LogP) is 6.75. The Labute approximate surface area is 196 Å². The number of hydrogen-bond acceptors (Lipinski definition) is 4. The van der Waals surface area contributed by atoms with Crippen molar-refractivity contribution in [3.8, 4) is 22.3 Å². The number of hydrogen-bond donors (Lipinski definition) is 0. The summed E-state index contributed by atoms with van der Waals surface area (Å²) < 4.78 is 9.84. The number of benzene rings is 3. The van der Waals surface area contributed by atoms with E-state index in [-0.39, 0.29) is 11.9 Å². The fraction of sp³-hybridized carbons (Fsp3) is 0.310. The highest BCUT2D eigenvalue weighted by Gasteiger charge is 2.21. The van der Waals surface area contributed by atoms with Crippen LogP contribution in [0.5, 0.6) is 0 Å². The maximum Gasteiger partial charge on any atom is 0.337 e. The van der Waals surface area contributed by atoms with E-state index >= 15 is 0 Å². The highest BCUT2D eigenvalue weighted by Crippen LogP contribution is 2.42. The molecule has 0 fully saturated rings. The van der Waals surface area contributed by atoms with E-state index < -0.39 is 0 Å². The molecule has 3 rings (SSSR count). The van der Waals surface area contributed by atoms with Crippen molar-refractivity contribution >= 4 is 11.9 Å². The van der Waals surface area contributed by atoms with E-state index in [0.29, 0.717) is 11.1 Å². The lowest BCUT2D eigenvalue weighted by Gasteiger charge is -2.23. The van der Waals surface area contributed by atoms with Gasteiger partial charge in [-0.3, -0.25) is 0 Å². The molecule has 33 heavy (non-hydrogen) atoms. The van der Waals surface area contributed by atoms with Crippen LogP contribution < -0.4 is 0 Å². The van der Waals surface area contributed by atoms with E-state index in [0.717, 1.165) is 33.4 Å². The van der Waals surface area contributed by atoms with Gasteiger partial charge < -0.3 is 9.47 Å². The molecule has 0 heterocycles. The molecular formula is C29H32O4. The van der Waals surface area contributed by atoms with Crippen LogP contribution in [0.1, 0.15) is 59.7 Å². The monoisotopic (exact) mass is 444 g/mol. The van der Waals surface area contributed by atoms with Gasteiger partial charge >= 0.3 is 11.9 Å². The molecule has 3 aromatic rings. The molecule has 0 bridgehead atoms. The summed E-state index contributed by atoms with van der Waals surface area (Å²) in [5, 5.41) is 0. The van der Waals surface area contributed by atoms with E-state index in [1.54, 1.807) is 0 Å². The first-order valence-electron chi connectivity index (χ1n) is 11.0. The Balaban J connectivity index is 2.31. The van der Waals surface area contributed by atoms with Crippen molar-refractivity contribution < 1.29 is 19.1 Å². The summed E-state index contributed by atoms with van der Waals surface area (Å²) in [4.78, 5) is 24.2. The Morgan fingerprint density at radius 2 is 0.758 bits per heavy atom. The van der Waals surface area contributed by atoms with Gasteiger partial charge in [-0.05, 0) is 134 Å². The molecule has 172 valence electrons. The van der Waals surface area contributed by atoms with Crippen molar-refractivity contribution in [1.29, 1.82) is 0 Å². The fourth-order valence-corrected chi connectivity index (χ4v) is 5.14. The first-order valence-corrected chi connectivity index (χ1v) is 11.0. The van der Waals surface area contributed by atoms with Gasteiger partial charge in [0.25, 0.3) is 0 Å². The summed E-state index contributed by atoms with van der Waals surface area (Å²) in [5.41, 5.74) is 13.4. The molecule has 0 N–H and O–H groups in total. The second kappa shape index (κ2) is 9.22. The van der Waals surface area contributed by atoms with Crippen LogP contribution in [0.4, 0.5) is 0 Å². The fourth-order valence-electron chi connectivity index (χ4n) is 5.14. The molecule has 3 aromatic carbocycles. The Bertz CT molecular complexity index is 1140. The number of aryl methyl sites for hydroxylation is 6. The van der Waals surface area contributed by atoms with Gasteiger partial charge in [0, 0.05) is 0 Å². The van der Waals surface area contributed by atoms with Crippen LogP contribution in [0.25, 0.3) is 22.3 Å². The van der Waals surface area contributed by atoms with Crippen molar-refractivity contribution in [3.63, 3.8) is 0 Å². The summed E-state index contributed by atoms with van der Waals surface area (Å²) in [7, 11) is 2.80. The average Bonchev–Trinajstić information content (AvgIpc) is 2.75. The van der Waals surface area contributed by atoms with Crippen molar-refractivity contribution in [3.05, 3.63) is 80.4 Å². The van der Waals surface area contributed by atoms with Crippen LogP contribution in [0, 0.1) is 48.5 Å². The van der Waals surface area contributed by atoms with E-state index in [1.165, 1.54) is 42.0 Å². The van der Waals surface area contributed by atoms with E-state index in [4.69, 9.17) is 9.47 Å². The first kappa shape index (κ1) is 24.2. The lowest BCUT2D eigenvalue weighted by atomic mass is 9.81. The molecule has 0 aliphatic heterocycles. The van der Waals surface area contributed by atoms with Crippen molar-refractivity contribution in [2.24, 2.45) is 0 Å². The number of methoxy groups -OCH3 is 2. The van der Waals surface area contributed by atoms with Crippen LogP contribution in [-0.4, -0.2) is 26.2 Å². The zero-order valence-corrected chi connectivity index (χ0v) is 21.0. The van der Waals surface area contributed by atoms with Gasteiger partial charge in [-0.2, -0.15) is 0 Å². The standard InChI is InChI=1S/C29H32O4/c1-15-10-16(2)27(25-19(5)13-23(14-20(25)6)29(31)33-9)21(7)26(15)24-17(3)11-22(12-18(24)4)28(30)32-8/h10-14H,1-9H3. The summed E-state index contributed by atoms with van der Waals surface area (Å²) in [6.45, 7) is 14.6. The average molecular weight is 445 g/mol. The molecule has 0 aliphatic carbocycles. The molecule has 0 amide bonds. The van der Waals surface area contributed by atoms with E-state index in [9.17, 15) is 9.59 Å². The smallest absolute Gasteiger partial charge is 0.337 e. The number of ether oxygens (including phenoxy) is 2. The summed E-state index contributed by atoms with van der Waals surface area (Å²) >= 11 is 0. The zero-order valence-electron chi connectivity index (χ0n) is 21.0. The maximum absolute atomic E-state index is 12.1. The van der Waals surface area contributed by atoms with Gasteiger partial charge in [0.1, 0.15) is 0 Å². The minimum absolute atomic E-state index is 0.331. The van der Waals surface area contributed by atoms with Gasteiger partial charge in [-0.1, -0.05) is 6.07 Å². The second-order valence-electron chi connectivity index (χ2n) is 8.84. The third kappa shape index (κ3) is 4.30. The number of rotatable bonds is 4. The molecule has 0 unspecified atom stereocenters. The summed E-state index contributed by atoms with van der Waals surface area (Å²) in [6.07, 6.45) is 0.